The number of hydrogen-bond acceptors (Lipinski definition) is 3. The van der Waals surface area contributed by atoms with Crippen LogP contribution >= 0.6 is 0 Å². The number of hydrogen-bond donors (Lipinski definition) is 2. The number of halogens is 1. The average molecular weight is 198 g/mol. The van der Waals surface area contributed by atoms with Crippen molar-refractivity contribution in [2.45, 2.75) is 13.0 Å². The second-order valence-electron chi connectivity index (χ2n) is 3.19. The van der Waals surface area contributed by atoms with E-state index in [1.807, 2.05) is 0 Å². The first-order valence-electron chi connectivity index (χ1n) is 4.39. The number of rotatable bonds is 3. The summed E-state index contributed by atoms with van der Waals surface area (Å²) in [5.41, 5.74) is 12.3. The summed E-state index contributed by atoms with van der Waals surface area (Å²) in [6.07, 6.45) is 0. The Bertz CT molecular complexity index is 328. The van der Waals surface area contributed by atoms with Crippen molar-refractivity contribution in [1.29, 1.82) is 0 Å². The van der Waals surface area contributed by atoms with Gasteiger partial charge in [-0.2, -0.15) is 0 Å². The molecular weight excluding hydrogens is 183 g/mol. The van der Waals surface area contributed by atoms with E-state index in [-0.39, 0.29) is 18.4 Å². The quantitative estimate of drug-likeness (QED) is 0.764. The van der Waals surface area contributed by atoms with Crippen molar-refractivity contribution >= 4 is 0 Å². The van der Waals surface area contributed by atoms with E-state index >= 15 is 0 Å². The Kier molecular flexibility index (Phi) is 3.43. The van der Waals surface area contributed by atoms with Gasteiger partial charge in [0.15, 0.2) is 0 Å². The van der Waals surface area contributed by atoms with Crippen LogP contribution in [0.25, 0.3) is 0 Å². The third-order valence-electron chi connectivity index (χ3n) is 2.16. The molecule has 1 unspecified atom stereocenters. The zero-order chi connectivity index (χ0) is 10.7. The first kappa shape index (κ1) is 10.9. The van der Waals surface area contributed by atoms with Gasteiger partial charge in [0.05, 0.1) is 7.11 Å². The molecule has 0 aliphatic rings. The smallest absolute Gasteiger partial charge is 0.126 e. The van der Waals surface area contributed by atoms with Crippen molar-refractivity contribution in [3.8, 4) is 5.75 Å². The second-order valence-corrected chi connectivity index (χ2v) is 3.19. The second kappa shape index (κ2) is 4.39. The highest BCUT2D eigenvalue weighted by atomic mass is 19.1. The minimum Gasteiger partial charge on any atom is -0.496 e. The maximum Gasteiger partial charge on any atom is 0.126 e. The fraction of sp³-hybridized carbons (Fsp3) is 0.400. The molecule has 0 aromatic heterocycles. The van der Waals surface area contributed by atoms with E-state index < -0.39 is 0 Å². The lowest BCUT2D eigenvalue weighted by molar-refractivity contribution is 0.404. The van der Waals surface area contributed by atoms with Crippen molar-refractivity contribution in [3.05, 3.63) is 29.1 Å². The van der Waals surface area contributed by atoms with Gasteiger partial charge in [-0.1, -0.05) is 0 Å². The van der Waals surface area contributed by atoms with Gasteiger partial charge in [0.25, 0.3) is 0 Å². The molecule has 1 rings (SSSR count). The highest BCUT2D eigenvalue weighted by Gasteiger charge is 2.13. The largest absolute Gasteiger partial charge is 0.496 e. The van der Waals surface area contributed by atoms with Crippen LogP contribution in [0.15, 0.2) is 12.1 Å². The van der Waals surface area contributed by atoms with Gasteiger partial charge in [0.2, 0.25) is 0 Å². The van der Waals surface area contributed by atoms with E-state index in [0.29, 0.717) is 16.9 Å². The third kappa shape index (κ3) is 2.02. The zero-order valence-corrected chi connectivity index (χ0v) is 8.38. The molecule has 0 aliphatic heterocycles. The first-order valence-corrected chi connectivity index (χ1v) is 4.39. The van der Waals surface area contributed by atoms with Crippen LogP contribution in [0.2, 0.25) is 0 Å². The molecule has 4 heteroatoms. The lowest BCUT2D eigenvalue weighted by Crippen LogP contribution is -2.21. The van der Waals surface area contributed by atoms with Gasteiger partial charge < -0.3 is 16.2 Å². The summed E-state index contributed by atoms with van der Waals surface area (Å²) in [6.45, 7) is 1.94. The molecule has 78 valence electrons. The molecule has 1 aromatic rings. The number of ether oxygens (including phenoxy) is 1. The van der Waals surface area contributed by atoms with Crippen molar-refractivity contribution in [2.24, 2.45) is 11.5 Å². The first-order chi connectivity index (χ1) is 6.60. The molecule has 0 fully saturated rings. The summed E-state index contributed by atoms with van der Waals surface area (Å²) < 4.78 is 18.3. The van der Waals surface area contributed by atoms with Gasteiger partial charge in [-0.3, -0.25) is 0 Å². The fourth-order valence-corrected chi connectivity index (χ4v) is 1.26. The average Bonchev–Trinajstić information content (AvgIpc) is 2.20. The lowest BCUT2D eigenvalue weighted by Gasteiger charge is -2.14. The number of aryl methyl sites for hydroxylation is 1. The summed E-state index contributed by atoms with van der Waals surface area (Å²) in [5, 5.41) is 0. The predicted molar refractivity (Wildman–Crippen MR) is 53.7 cm³/mol. The molecule has 4 N–H and O–H groups in total. The molecule has 0 radical (unpaired) electrons. The fourth-order valence-electron chi connectivity index (χ4n) is 1.26. The highest BCUT2D eigenvalue weighted by Crippen LogP contribution is 2.26. The zero-order valence-electron chi connectivity index (χ0n) is 8.38. The molecule has 0 saturated heterocycles. The van der Waals surface area contributed by atoms with Crippen molar-refractivity contribution < 1.29 is 9.13 Å². The van der Waals surface area contributed by atoms with Crippen molar-refractivity contribution in [1.82, 2.24) is 0 Å². The molecule has 0 spiro atoms. The third-order valence-corrected chi connectivity index (χ3v) is 2.16. The van der Waals surface area contributed by atoms with Crippen molar-refractivity contribution in [2.75, 3.05) is 13.7 Å². The van der Waals surface area contributed by atoms with E-state index in [9.17, 15) is 4.39 Å². The van der Waals surface area contributed by atoms with E-state index in [1.54, 1.807) is 13.0 Å². The van der Waals surface area contributed by atoms with Crippen LogP contribution < -0.4 is 16.2 Å². The summed E-state index contributed by atoms with van der Waals surface area (Å²) >= 11 is 0. The SMILES string of the molecule is COc1cc(C)c(F)cc1C(N)CN. The molecule has 3 nitrogen and oxygen atoms in total. The van der Waals surface area contributed by atoms with Crippen LogP contribution in [0.4, 0.5) is 4.39 Å². The standard InChI is InChI=1S/C10H15FN2O/c1-6-3-10(14-2)7(4-8(6)11)9(13)5-12/h3-4,9H,5,12-13H2,1-2H3. The topological polar surface area (TPSA) is 61.3 Å². The van der Waals surface area contributed by atoms with Crippen LogP contribution in [-0.4, -0.2) is 13.7 Å². The number of benzene rings is 1. The molecule has 0 bridgehead atoms. The molecular formula is C10H15FN2O. The molecule has 14 heavy (non-hydrogen) atoms. The Balaban J connectivity index is 3.19. The van der Waals surface area contributed by atoms with Gasteiger partial charge >= 0.3 is 0 Å². The van der Waals surface area contributed by atoms with E-state index in [2.05, 4.69) is 0 Å². The van der Waals surface area contributed by atoms with Crippen LogP contribution in [0.1, 0.15) is 17.2 Å². The Labute approximate surface area is 82.9 Å². The van der Waals surface area contributed by atoms with Gasteiger partial charge in [-0.25, -0.2) is 4.39 Å². The maximum absolute atomic E-state index is 13.2. The van der Waals surface area contributed by atoms with Gasteiger partial charge in [-0.05, 0) is 24.6 Å². The molecule has 1 aromatic carbocycles. The number of nitrogens with two attached hydrogens (primary N) is 2. The van der Waals surface area contributed by atoms with Gasteiger partial charge in [-0.15, -0.1) is 0 Å². The highest BCUT2D eigenvalue weighted by molar-refractivity contribution is 5.40. The van der Waals surface area contributed by atoms with Gasteiger partial charge in [0.1, 0.15) is 11.6 Å². The van der Waals surface area contributed by atoms with Crippen LogP contribution in [0.5, 0.6) is 5.75 Å². The van der Waals surface area contributed by atoms with Crippen LogP contribution in [-0.2, 0) is 0 Å². The monoisotopic (exact) mass is 198 g/mol. The summed E-state index contributed by atoms with van der Waals surface area (Å²) in [5.74, 6) is 0.298. The molecule has 0 heterocycles. The Hall–Kier alpha value is -1.13. The minimum atomic E-state index is -0.389. The Morgan fingerprint density at radius 1 is 1.50 bits per heavy atom. The molecule has 0 aliphatic carbocycles. The lowest BCUT2D eigenvalue weighted by atomic mass is 10.0. The van der Waals surface area contributed by atoms with Crippen LogP contribution in [0.3, 0.4) is 0 Å². The minimum absolute atomic E-state index is 0.263. The predicted octanol–water partition coefficient (Wildman–Crippen LogP) is 1.10. The normalized spacial score (nSPS) is 12.6. The summed E-state index contributed by atoms with van der Waals surface area (Å²) in [6, 6.07) is 2.62. The van der Waals surface area contributed by atoms with Crippen LogP contribution in [0, 0.1) is 12.7 Å². The summed E-state index contributed by atoms with van der Waals surface area (Å²) in [4.78, 5) is 0. The Morgan fingerprint density at radius 3 is 2.64 bits per heavy atom. The van der Waals surface area contributed by atoms with Gasteiger partial charge in [0, 0.05) is 18.2 Å². The van der Waals surface area contributed by atoms with E-state index in [4.69, 9.17) is 16.2 Å². The van der Waals surface area contributed by atoms with E-state index in [1.165, 1.54) is 13.2 Å². The molecule has 1 atom stereocenters. The van der Waals surface area contributed by atoms with E-state index in [0.717, 1.165) is 0 Å². The number of methoxy groups -OCH3 is 1. The maximum atomic E-state index is 13.2. The molecule has 0 amide bonds. The Morgan fingerprint density at radius 2 is 2.14 bits per heavy atom. The molecule has 0 saturated carbocycles. The van der Waals surface area contributed by atoms with Crippen molar-refractivity contribution in [3.63, 3.8) is 0 Å². The summed E-state index contributed by atoms with van der Waals surface area (Å²) in [7, 11) is 1.53.